The highest BCUT2D eigenvalue weighted by atomic mass is 19.3. The summed E-state index contributed by atoms with van der Waals surface area (Å²) in [5.41, 5.74) is 5.94. The number of carbonyl (C=O) groups is 1. The van der Waals surface area contributed by atoms with E-state index in [1.165, 1.54) is 26.0 Å². The van der Waals surface area contributed by atoms with E-state index in [-0.39, 0.29) is 17.0 Å². The Kier molecular flexibility index (Phi) is 2.84. The number of rotatable bonds is 2. The van der Waals surface area contributed by atoms with Crippen molar-refractivity contribution in [1.82, 2.24) is 0 Å². The van der Waals surface area contributed by atoms with Crippen molar-refractivity contribution in [3.05, 3.63) is 28.8 Å². The monoisotopic (exact) mass is 199 g/mol. The first-order valence-corrected chi connectivity index (χ1v) is 4.12. The molecule has 0 saturated heterocycles. The Balaban J connectivity index is 3.32. The molecule has 0 amide bonds. The van der Waals surface area contributed by atoms with E-state index in [1.807, 2.05) is 0 Å². The smallest absolute Gasteiger partial charge is 0.266 e. The molecule has 0 atom stereocenters. The van der Waals surface area contributed by atoms with Gasteiger partial charge in [0.15, 0.2) is 5.78 Å². The van der Waals surface area contributed by atoms with E-state index >= 15 is 0 Å². The third kappa shape index (κ3) is 1.89. The quantitative estimate of drug-likeness (QED) is 0.587. The van der Waals surface area contributed by atoms with Gasteiger partial charge in [-0.25, -0.2) is 8.78 Å². The average molecular weight is 199 g/mol. The zero-order chi connectivity index (χ0) is 10.9. The van der Waals surface area contributed by atoms with Gasteiger partial charge in [0.25, 0.3) is 6.43 Å². The summed E-state index contributed by atoms with van der Waals surface area (Å²) in [5, 5.41) is 0. The zero-order valence-corrected chi connectivity index (χ0v) is 7.97. The molecule has 14 heavy (non-hydrogen) atoms. The second kappa shape index (κ2) is 3.74. The average Bonchev–Trinajstić information content (AvgIpc) is 2.01. The van der Waals surface area contributed by atoms with Crippen LogP contribution in [0.15, 0.2) is 12.1 Å². The molecular weight excluding hydrogens is 188 g/mol. The lowest BCUT2D eigenvalue weighted by Crippen LogP contribution is -2.02. The predicted molar refractivity (Wildman–Crippen MR) is 50.6 cm³/mol. The van der Waals surface area contributed by atoms with Gasteiger partial charge in [-0.1, -0.05) is 0 Å². The van der Waals surface area contributed by atoms with Crippen LogP contribution in [0.3, 0.4) is 0 Å². The van der Waals surface area contributed by atoms with Gasteiger partial charge in [-0.2, -0.15) is 0 Å². The standard InChI is InChI=1S/C10H11F2NO/c1-5-3-7(6(2)14)4-8(13)9(5)10(11)12/h3-4,10H,13H2,1-2H3. The van der Waals surface area contributed by atoms with Gasteiger partial charge in [0, 0.05) is 16.8 Å². The Labute approximate surface area is 80.7 Å². The first-order chi connectivity index (χ1) is 6.43. The van der Waals surface area contributed by atoms with E-state index in [4.69, 9.17) is 5.73 Å². The van der Waals surface area contributed by atoms with Gasteiger partial charge in [0.2, 0.25) is 0 Å². The Hall–Kier alpha value is -1.45. The SMILES string of the molecule is CC(=O)c1cc(C)c(C(F)F)c(N)c1. The molecule has 0 radical (unpaired) electrons. The maximum Gasteiger partial charge on any atom is 0.266 e. The Morgan fingerprint density at radius 2 is 2.00 bits per heavy atom. The highest BCUT2D eigenvalue weighted by Crippen LogP contribution is 2.29. The van der Waals surface area contributed by atoms with Crippen LogP contribution in [0.4, 0.5) is 14.5 Å². The van der Waals surface area contributed by atoms with Crippen LogP contribution < -0.4 is 5.73 Å². The van der Waals surface area contributed by atoms with Gasteiger partial charge in [0.05, 0.1) is 0 Å². The molecule has 1 aromatic rings. The number of anilines is 1. The molecule has 1 rings (SSSR count). The van der Waals surface area contributed by atoms with E-state index in [2.05, 4.69) is 0 Å². The number of aryl methyl sites for hydroxylation is 1. The predicted octanol–water partition coefficient (Wildman–Crippen LogP) is 2.72. The lowest BCUT2D eigenvalue weighted by molar-refractivity contribution is 0.101. The zero-order valence-electron chi connectivity index (χ0n) is 7.97. The third-order valence-corrected chi connectivity index (χ3v) is 2.04. The van der Waals surface area contributed by atoms with Crippen LogP contribution in [-0.2, 0) is 0 Å². The van der Waals surface area contributed by atoms with Crippen molar-refractivity contribution in [2.45, 2.75) is 20.3 Å². The molecule has 2 N–H and O–H groups in total. The van der Waals surface area contributed by atoms with Crippen molar-refractivity contribution in [3.8, 4) is 0 Å². The summed E-state index contributed by atoms with van der Waals surface area (Å²) < 4.78 is 24.9. The van der Waals surface area contributed by atoms with Crippen molar-refractivity contribution in [2.75, 3.05) is 5.73 Å². The van der Waals surface area contributed by atoms with E-state index in [0.717, 1.165) is 0 Å². The third-order valence-electron chi connectivity index (χ3n) is 2.04. The number of alkyl halides is 2. The van der Waals surface area contributed by atoms with Gasteiger partial charge in [-0.3, -0.25) is 4.79 Å². The molecule has 0 aromatic heterocycles. The number of hydrogen-bond acceptors (Lipinski definition) is 2. The van der Waals surface area contributed by atoms with Crippen LogP contribution in [0.5, 0.6) is 0 Å². The molecule has 0 bridgehead atoms. The lowest BCUT2D eigenvalue weighted by atomic mass is 10.0. The number of benzene rings is 1. The minimum atomic E-state index is -2.60. The van der Waals surface area contributed by atoms with Crippen LogP contribution in [0.25, 0.3) is 0 Å². The maximum absolute atomic E-state index is 12.5. The summed E-state index contributed by atoms with van der Waals surface area (Å²) in [6.45, 7) is 2.89. The normalized spacial score (nSPS) is 10.6. The molecule has 76 valence electrons. The minimum Gasteiger partial charge on any atom is -0.398 e. The van der Waals surface area contributed by atoms with Crippen molar-refractivity contribution < 1.29 is 13.6 Å². The Bertz CT molecular complexity index is 351. The number of halogens is 2. The molecule has 1 aromatic carbocycles. The van der Waals surface area contributed by atoms with Crippen LogP contribution in [0, 0.1) is 6.92 Å². The first kappa shape index (κ1) is 10.6. The Morgan fingerprint density at radius 1 is 1.43 bits per heavy atom. The van der Waals surface area contributed by atoms with Crippen LogP contribution in [0.1, 0.15) is 34.8 Å². The van der Waals surface area contributed by atoms with E-state index in [0.29, 0.717) is 11.1 Å². The maximum atomic E-state index is 12.5. The van der Waals surface area contributed by atoms with Crippen molar-refractivity contribution in [2.24, 2.45) is 0 Å². The second-order valence-electron chi connectivity index (χ2n) is 3.15. The van der Waals surface area contributed by atoms with E-state index < -0.39 is 6.43 Å². The summed E-state index contributed by atoms with van der Waals surface area (Å²) >= 11 is 0. The number of carbonyl (C=O) groups excluding carboxylic acids is 1. The molecule has 0 unspecified atom stereocenters. The van der Waals surface area contributed by atoms with Crippen LogP contribution in [0.2, 0.25) is 0 Å². The van der Waals surface area contributed by atoms with Gasteiger partial charge in [0.1, 0.15) is 0 Å². The van der Waals surface area contributed by atoms with Crippen molar-refractivity contribution in [1.29, 1.82) is 0 Å². The largest absolute Gasteiger partial charge is 0.398 e. The van der Waals surface area contributed by atoms with Crippen LogP contribution in [-0.4, -0.2) is 5.78 Å². The number of hydrogen-bond donors (Lipinski definition) is 1. The number of nitrogen functional groups attached to an aromatic ring is 1. The summed E-state index contributed by atoms with van der Waals surface area (Å²) in [4.78, 5) is 11.0. The molecule has 0 saturated carbocycles. The highest BCUT2D eigenvalue weighted by Gasteiger charge is 2.16. The van der Waals surface area contributed by atoms with Crippen LogP contribution >= 0.6 is 0 Å². The minimum absolute atomic E-state index is 0.0230. The summed E-state index contributed by atoms with van der Waals surface area (Å²) in [7, 11) is 0. The summed E-state index contributed by atoms with van der Waals surface area (Å²) in [6.07, 6.45) is -2.60. The van der Waals surface area contributed by atoms with E-state index in [1.54, 1.807) is 0 Å². The van der Waals surface area contributed by atoms with Crippen molar-refractivity contribution >= 4 is 11.5 Å². The fraction of sp³-hybridized carbons (Fsp3) is 0.300. The van der Waals surface area contributed by atoms with Crippen molar-refractivity contribution in [3.63, 3.8) is 0 Å². The van der Waals surface area contributed by atoms with Gasteiger partial charge in [-0.15, -0.1) is 0 Å². The molecule has 2 nitrogen and oxygen atoms in total. The second-order valence-corrected chi connectivity index (χ2v) is 3.15. The van der Waals surface area contributed by atoms with Gasteiger partial charge < -0.3 is 5.73 Å². The molecule has 0 heterocycles. The summed E-state index contributed by atoms with van der Waals surface area (Å²) in [5.74, 6) is -0.180. The molecule has 0 spiro atoms. The molecule has 4 heteroatoms. The summed E-state index contributed by atoms with van der Waals surface area (Å²) in [6, 6.07) is 2.72. The highest BCUT2D eigenvalue weighted by molar-refractivity contribution is 5.95. The first-order valence-electron chi connectivity index (χ1n) is 4.12. The Morgan fingerprint density at radius 3 is 2.36 bits per heavy atom. The fourth-order valence-electron chi connectivity index (χ4n) is 1.33. The molecule has 0 aliphatic heterocycles. The van der Waals surface area contributed by atoms with E-state index in [9.17, 15) is 13.6 Å². The number of nitrogens with two attached hydrogens (primary N) is 1. The number of Topliss-reactive ketones (excluding diaryl/α,β-unsaturated/α-hetero) is 1. The molecule has 0 aliphatic carbocycles. The topological polar surface area (TPSA) is 43.1 Å². The number of ketones is 1. The lowest BCUT2D eigenvalue weighted by Gasteiger charge is -2.09. The fourth-order valence-corrected chi connectivity index (χ4v) is 1.33. The van der Waals surface area contributed by atoms with Gasteiger partial charge in [-0.05, 0) is 31.5 Å². The molecular formula is C10H11F2NO. The molecule has 0 aliphatic rings. The molecule has 0 fully saturated rings. The van der Waals surface area contributed by atoms with Gasteiger partial charge >= 0.3 is 0 Å².